The van der Waals surface area contributed by atoms with E-state index in [-0.39, 0.29) is 32.1 Å². The van der Waals surface area contributed by atoms with E-state index in [0.29, 0.717) is 11.1 Å². The molecule has 1 N–H and O–H groups in total. The molecule has 0 fully saturated rings. The van der Waals surface area contributed by atoms with E-state index in [1.807, 2.05) is 0 Å². The molecule has 0 saturated heterocycles. The summed E-state index contributed by atoms with van der Waals surface area (Å²) in [6.07, 6.45) is -8.99. The predicted octanol–water partition coefficient (Wildman–Crippen LogP) is 8.84. The van der Waals surface area contributed by atoms with Crippen LogP contribution < -0.4 is 5.32 Å². The third-order valence-electron chi connectivity index (χ3n) is 5.29. The number of allylic oxidation sites excluding steroid dienone is 1. The van der Waals surface area contributed by atoms with Crippen LogP contribution in [0.5, 0.6) is 0 Å². The second kappa shape index (κ2) is 12.7. The second-order valence-electron chi connectivity index (χ2n) is 8.48. The van der Waals surface area contributed by atoms with E-state index in [4.69, 9.17) is 23.2 Å². The molecule has 2 aromatic rings. The quantitative estimate of drug-likeness (QED) is 0.222. The molecule has 202 valence electrons. The Hall–Kier alpha value is -2.04. The van der Waals surface area contributed by atoms with E-state index in [0.717, 1.165) is 6.08 Å². The van der Waals surface area contributed by atoms with Crippen molar-refractivity contribution < 1.29 is 35.9 Å². The number of halogens is 9. The van der Waals surface area contributed by atoms with Gasteiger partial charge in [0.15, 0.2) is 0 Å². The van der Waals surface area contributed by atoms with E-state index >= 15 is 0 Å². The highest BCUT2D eigenvalue weighted by Gasteiger charge is 2.39. The minimum Gasteiger partial charge on any atom is -0.349 e. The van der Waals surface area contributed by atoms with Gasteiger partial charge in [0, 0.05) is 24.4 Å². The number of carbonyl (C=O) groups excluding carboxylic acids is 2. The number of Topliss-reactive ketones (excluding diaryl/α,β-unsaturated/α-hetero) is 1. The van der Waals surface area contributed by atoms with Gasteiger partial charge in [-0.05, 0) is 64.7 Å². The van der Waals surface area contributed by atoms with Crippen LogP contribution in [0.15, 0.2) is 40.9 Å². The fraction of sp³-hybridized carbons (Fsp3) is 0.360. The molecule has 12 heteroatoms. The number of benzene rings is 2. The first-order valence-electron chi connectivity index (χ1n) is 10.9. The van der Waals surface area contributed by atoms with Crippen LogP contribution in [-0.4, -0.2) is 30.1 Å². The highest BCUT2D eigenvalue weighted by atomic mass is 79.9. The summed E-state index contributed by atoms with van der Waals surface area (Å²) in [5.41, 5.74) is 0.917. The van der Waals surface area contributed by atoms with Crippen LogP contribution >= 0.6 is 39.1 Å². The highest BCUT2D eigenvalue weighted by molar-refractivity contribution is 9.10. The van der Waals surface area contributed by atoms with Crippen molar-refractivity contribution >= 4 is 56.9 Å². The molecule has 0 bridgehead atoms. The molecule has 0 saturated carbocycles. The molecule has 1 amide bonds. The van der Waals surface area contributed by atoms with Gasteiger partial charge in [0.25, 0.3) is 5.91 Å². The average Bonchev–Trinajstić information content (AvgIpc) is 2.74. The normalized spacial score (nSPS) is 14.0. The van der Waals surface area contributed by atoms with Gasteiger partial charge in [-0.25, -0.2) is 0 Å². The minimum atomic E-state index is -4.63. The fourth-order valence-electron chi connectivity index (χ4n) is 3.49. The number of amides is 1. The number of hydrogen-bond acceptors (Lipinski definition) is 2. The zero-order valence-corrected chi connectivity index (χ0v) is 22.6. The lowest BCUT2D eigenvalue weighted by Gasteiger charge is -2.18. The molecule has 0 heterocycles. The molecule has 0 radical (unpaired) electrons. The van der Waals surface area contributed by atoms with Gasteiger partial charge >= 0.3 is 12.4 Å². The number of carbonyl (C=O) groups is 2. The summed E-state index contributed by atoms with van der Waals surface area (Å²) in [5.74, 6) is -3.18. The first kappa shape index (κ1) is 31.2. The zero-order chi connectivity index (χ0) is 28.1. The van der Waals surface area contributed by atoms with E-state index < -0.39 is 48.8 Å². The Bertz CT molecular complexity index is 1160. The molecule has 0 aliphatic rings. The van der Waals surface area contributed by atoms with Crippen molar-refractivity contribution in [2.45, 2.75) is 57.4 Å². The monoisotopic (exact) mass is 631 g/mol. The Morgan fingerprint density at radius 2 is 1.65 bits per heavy atom. The van der Waals surface area contributed by atoms with Crippen molar-refractivity contribution in [1.82, 2.24) is 5.32 Å². The molecule has 37 heavy (non-hydrogen) atoms. The third-order valence-corrected chi connectivity index (χ3v) is 7.20. The Balaban J connectivity index is 2.13. The van der Waals surface area contributed by atoms with Gasteiger partial charge in [0.2, 0.25) is 0 Å². The summed E-state index contributed by atoms with van der Waals surface area (Å²) in [6.45, 7) is 3.08. The molecule has 2 rings (SSSR count). The molecule has 0 aliphatic carbocycles. The Morgan fingerprint density at radius 1 is 1.05 bits per heavy atom. The summed E-state index contributed by atoms with van der Waals surface area (Å²) < 4.78 is 78.3. The summed E-state index contributed by atoms with van der Waals surface area (Å²) in [7, 11) is 0. The maximum atomic E-state index is 13.8. The van der Waals surface area contributed by atoms with E-state index in [1.54, 1.807) is 6.92 Å². The minimum absolute atomic E-state index is 0.0349. The molecule has 2 aromatic carbocycles. The first-order valence-corrected chi connectivity index (χ1v) is 12.4. The van der Waals surface area contributed by atoms with Gasteiger partial charge < -0.3 is 5.32 Å². The van der Waals surface area contributed by atoms with Crippen molar-refractivity contribution in [2.75, 3.05) is 0 Å². The standard InChI is InChI=1S/C25H22BrCl2F6NO2/c1-13-9-15(4-6-19(25(32,33)34)16-11-20(27)22(26)21(28)12-16)3-5-18(13)23(37)35-14(2)10-17(36)7-8-24(29,30)31/h3-6,9,11-12,14,19H,7-8,10H2,1-2H3,(H,35,37)/b6-4+/t14-,19?/m1/s1. The molecule has 3 nitrogen and oxygen atoms in total. The maximum absolute atomic E-state index is 13.8. The van der Waals surface area contributed by atoms with Crippen LogP contribution in [0.1, 0.15) is 59.2 Å². The molecule has 1 unspecified atom stereocenters. The Kier molecular flexibility index (Phi) is 10.7. The van der Waals surface area contributed by atoms with Gasteiger partial charge in [0.1, 0.15) is 5.78 Å². The average molecular weight is 633 g/mol. The van der Waals surface area contributed by atoms with E-state index in [2.05, 4.69) is 21.2 Å². The number of nitrogens with one attached hydrogen (secondary N) is 1. The number of alkyl halides is 6. The van der Waals surface area contributed by atoms with Crippen LogP contribution in [0.2, 0.25) is 10.0 Å². The topological polar surface area (TPSA) is 46.2 Å². The van der Waals surface area contributed by atoms with Gasteiger partial charge in [0.05, 0.1) is 26.9 Å². The van der Waals surface area contributed by atoms with Crippen molar-refractivity contribution in [3.63, 3.8) is 0 Å². The molecule has 0 spiro atoms. The van der Waals surface area contributed by atoms with Gasteiger partial charge in [-0.2, -0.15) is 26.3 Å². The lowest BCUT2D eigenvalue weighted by molar-refractivity contribution is -0.143. The molecular formula is C25H22BrCl2F6NO2. The Labute approximate surface area is 228 Å². The van der Waals surface area contributed by atoms with Crippen molar-refractivity contribution in [1.29, 1.82) is 0 Å². The van der Waals surface area contributed by atoms with Crippen LogP contribution in [0.25, 0.3) is 6.08 Å². The van der Waals surface area contributed by atoms with E-state index in [1.165, 1.54) is 43.3 Å². The maximum Gasteiger partial charge on any atom is 0.399 e. The highest BCUT2D eigenvalue weighted by Crippen LogP contribution is 2.41. The van der Waals surface area contributed by atoms with Gasteiger partial charge in [-0.15, -0.1) is 0 Å². The first-order chi connectivity index (χ1) is 17.0. The van der Waals surface area contributed by atoms with Crippen molar-refractivity contribution in [3.05, 3.63) is 73.2 Å². The number of hydrogen-bond donors (Lipinski definition) is 1. The Morgan fingerprint density at radius 3 is 2.16 bits per heavy atom. The van der Waals surface area contributed by atoms with Crippen LogP contribution in [0, 0.1) is 6.92 Å². The molecule has 0 aliphatic heterocycles. The molecule has 2 atom stereocenters. The zero-order valence-electron chi connectivity index (χ0n) is 19.5. The third kappa shape index (κ3) is 9.65. The fourth-order valence-corrected chi connectivity index (χ4v) is 4.23. The predicted molar refractivity (Wildman–Crippen MR) is 135 cm³/mol. The van der Waals surface area contributed by atoms with Gasteiger partial charge in [-0.1, -0.05) is 47.5 Å². The molecule has 0 aromatic heterocycles. The smallest absolute Gasteiger partial charge is 0.349 e. The number of rotatable bonds is 9. The van der Waals surface area contributed by atoms with Crippen LogP contribution in [0.4, 0.5) is 26.3 Å². The number of aryl methyl sites for hydroxylation is 1. The van der Waals surface area contributed by atoms with Crippen LogP contribution in [-0.2, 0) is 4.79 Å². The number of ketones is 1. The van der Waals surface area contributed by atoms with E-state index in [9.17, 15) is 35.9 Å². The summed E-state index contributed by atoms with van der Waals surface area (Å²) in [4.78, 5) is 24.3. The lowest BCUT2D eigenvalue weighted by Crippen LogP contribution is -2.34. The largest absolute Gasteiger partial charge is 0.399 e. The summed E-state index contributed by atoms with van der Waals surface area (Å²) in [6, 6.07) is 6.02. The summed E-state index contributed by atoms with van der Waals surface area (Å²) >= 11 is 15.0. The lowest BCUT2D eigenvalue weighted by atomic mass is 9.96. The van der Waals surface area contributed by atoms with Crippen molar-refractivity contribution in [3.8, 4) is 0 Å². The molecular weight excluding hydrogens is 611 g/mol. The SMILES string of the molecule is Cc1cc(/C=C/C(c2cc(Cl)c(Br)c(Cl)c2)C(F)(F)F)ccc1C(=O)N[C@H](C)CC(=O)CCC(F)(F)F. The van der Waals surface area contributed by atoms with Crippen LogP contribution in [0.3, 0.4) is 0 Å². The van der Waals surface area contributed by atoms with Gasteiger partial charge in [-0.3, -0.25) is 9.59 Å². The summed E-state index contributed by atoms with van der Waals surface area (Å²) in [5, 5.41) is 2.62. The van der Waals surface area contributed by atoms with Crippen molar-refractivity contribution in [2.24, 2.45) is 0 Å². The second-order valence-corrected chi connectivity index (χ2v) is 10.1.